The summed E-state index contributed by atoms with van der Waals surface area (Å²) in [5, 5.41) is 2.89. The van der Waals surface area contributed by atoms with Gasteiger partial charge in [-0.15, -0.1) is 11.8 Å². The van der Waals surface area contributed by atoms with Gasteiger partial charge in [-0.2, -0.15) is 0 Å². The average Bonchev–Trinajstić information content (AvgIpc) is 2.99. The minimum Gasteiger partial charge on any atom is -0.490 e. The molecule has 10 heteroatoms. The minimum atomic E-state index is -3.81. The fraction of sp³-hybridized carbons (Fsp3) is 0.381. The Labute approximate surface area is 184 Å². The van der Waals surface area contributed by atoms with E-state index in [1.807, 2.05) is 0 Å². The van der Waals surface area contributed by atoms with E-state index in [-0.39, 0.29) is 35.6 Å². The topological polar surface area (TPSA) is 93.7 Å². The summed E-state index contributed by atoms with van der Waals surface area (Å²) in [4.78, 5) is 13.4. The monoisotopic (exact) mass is 466 g/mol. The van der Waals surface area contributed by atoms with Crippen molar-refractivity contribution in [3.63, 3.8) is 0 Å². The maximum atomic E-state index is 13.6. The summed E-state index contributed by atoms with van der Waals surface area (Å²) in [7, 11) is -3.81. The Kier molecular flexibility index (Phi) is 6.68. The molecule has 0 saturated heterocycles. The summed E-state index contributed by atoms with van der Waals surface area (Å²) in [6.45, 7) is 0.917. The predicted molar refractivity (Wildman–Crippen MR) is 114 cm³/mol. The van der Waals surface area contributed by atoms with Gasteiger partial charge in [0.15, 0.2) is 11.5 Å². The standard InChI is InChI=1S/C21H23FN2O5S2/c22-14-2-5-20-16(12-14)17(7-11-30-20)24-21(25)6-8-23-31(26,27)15-3-4-18-19(13-15)29-10-1-9-28-18/h2-5,12-13,17,23H,1,6-11H2,(H,24,25). The number of carbonyl (C=O) groups excluding carboxylic acids is 1. The van der Waals surface area contributed by atoms with Crippen LogP contribution in [0.4, 0.5) is 4.39 Å². The number of rotatable bonds is 6. The van der Waals surface area contributed by atoms with Gasteiger partial charge in [-0.25, -0.2) is 17.5 Å². The van der Waals surface area contributed by atoms with Gasteiger partial charge in [-0.05, 0) is 42.3 Å². The second-order valence-electron chi connectivity index (χ2n) is 7.25. The molecule has 1 unspecified atom stereocenters. The number of carbonyl (C=O) groups is 1. The second kappa shape index (κ2) is 9.46. The van der Waals surface area contributed by atoms with Gasteiger partial charge in [0.25, 0.3) is 0 Å². The number of thioether (sulfide) groups is 1. The number of hydrogen-bond acceptors (Lipinski definition) is 6. The third kappa shape index (κ3) is 5.31. The van der Waals surface area contributed by atoms with E-state index in [0.29, 0.717) is 31.1 Å². The highest BCUT2D eigenvalue weighted by molar-refractivity contribution is 7.99. The molecule has 2 aromatic carbocycles. The molecule has 0 aromatic heterocycles. The fourth-order valence-corrected chi connectivity index (χ4v) is 5.63. The molecule has 0 aliphatic carbocycles. The van der Waals surface area contributed by atoms with Crippen LogP contribution in [-0.2, 0) is 14.8 Å². The van der Waals surface area contributed by atoms with Gasteiger partial charge in [-0.3, -0.25) is 4.79 Å². The van der Waals surface area contributed by atoms with Gasteiger partial charge in [0.05, 0.1) is 24.2 Å². The molecule has 4 rings (SSSR count). The highest BCUT2D eigenvalue weighted by Crippen LogP contribution is 2.36. The van der Waals surface area contributed by atoms with E-state index < -0.39 is 10.0 Å². The molecular formula is C21H23FN2O5S2. The van der Waals surface area contributed by atoms with E-state index in [1.54, 1.807) is 23.9 Å². The van der Waals surface area contributed by atoms with Crippen molar-refractivity contribution in [2.24, 2.45) is 0 Å². The van der Waals surface area contributed by atoms with Crippen molar-refractivity contribution in [2.45, 2.75) is 35.1 Å². The van der Waals surface area contributed by atoms with E-state index >= 15 is 0 Å². The maximum Gasteiger partial charge on any atom is 0.240 e. The first-order valence-electron chi connectivity index (χ1n) is 10.0. The lowest BCUT2D eigenvalue weighted by atomic mass is 10.0. The number of hydrogen-bond donors (Lipinski definition) is 2. The van der Waals surface area contributed by atoms with Crippen LogP contribution in [0.25, 0.3) is 0 Å². The van der Waals surface area contributed by atoms with Crippen LogP contribution < -0.4 is 19.5 Å². The predicted octanol–water partition coefficient (Wildman–Crippen LogP) is 3.01. The lowest BCUT2D eigenvalue weighted by Gasteiger charge is -2.26. The largest absolute Gasteiger partial charge is 0.490 e. The number of ether oxygens (including phenoxy) is 2. The molecule has 31 heavy (non-hydrogen) atoms. The molecule has 7 nitrogen and oxygen atoms in total. The third-order valence-electron chi connectivity index (χ3n) is 5.02. The molecule has 2 aliphatic heterocycles. The molecule has 0 saturated carbocycles. The molecule has 2 aromatic rings. The van der Waals surface area contributed by atoms with Crippen LogP contribution in [0.1, 0.15) is 30.9 Å². The highest BCUT2D eigenvalue weighted by atomic mass is 32.2. The first-order valence-corrected chi connectivity index (χ1v) is 12.5. The summed E-state index contributed by atoms with van der Waals surface area (Å²) in [6, 6.07) is 8.73. The smallest absolute Gasteiger partial charge is 0.240 e. The average molecular weight is 467 g/mol. The van der Waals surface area contributed by atoms with E-state index in [9.17, 15) is 17.6 Å². The Morgan fingerprint density at radius 1 is 1.13 bits per heavy atom. The van der Waals surface area contributed by atoms with Gasteiger partial charge in [0.1, 0.15) is 5.82 Å². The SMILES string of the molecule is O=C(CCNS(=O)(=O)c1ccc2c(c1)OCCCO2)NC1CCSc2ccc(F)cc21. The number of benzene rings is 2. The Balaban J connectivity index is 1.34. The van der Waals surface area contributed by atoms with Gasteiger partial charge < -0.3 is 14.8 Å². The van der Waals surface area contributed by atoms with E-state index in [1.165, 1.54) is 24.3 Å². The number of sulfonamides is 1. The summed E-state index contributed by atoms with van der Waals surface area (Å²) in [6.07, 6.45) is 1.38. The van der Waals surface area contributed by atoms with Crippen LogP contribution in [0.3, 0.4) is 0 Å². The molecule has 166 valence electrons. The quantitative estimate of drug-likeness (QED) is 0.680. The molecule has 2 heterocycles. The van der Waals surface area contributed by atoms with Gasteiger partial charge >= 0.3 is 0 Å². The zero-order valence-electron chi connectivity index (χ0n) is 16.7. The zero-order chi connectivity index (χ0) is 21.8. The molecule has 2 aliphatic rings. The summed E-state index contributed by atoms with van der Waals surface area (Å²) < 4.78 is 52.3. The van der Waals surface area contributed by atoms with Crippen molar-refractivity contribution < 1.29 is 27.1 Å². The van der Waals surface area contributed by atoms with Gasteiger partial charge in [0.2, 0.25) is 15.9 Å². The molecule has 0 spiro atoms. The number of halogens is 1. The van der Waals surface area contributed by atoms with E-state index in [4.69, 9.17) is 9.47 Å². The number of nitrogens with one attached hydrogen (secondary N) is 2. The summed E-state index contributed by atoms with van der Waals surface area (Å²) in [5.41, 5.74) is 0.761. The Morgan fingerprint density at radius 2 is 1.94 bits per heavy atom. The van der Waals surface area contributed by atoms with Crippen molar-refractivity contribution in [2.75, 3.05) is 25.5 Å². The zero-order valence-corrected chi connectivity index (χ0v) is 18.4. The molecule has 1 amide bonds. The van der Waals surface area contributed by atoms with Crippen molar-refractivity contribution in [1.82, 2.24) is 10.0 Å². The lowest BCUT2D eigenvalue weighted by molar-refractivity contribution is -0.121. The first-order chi connectivity index (χ1) is 14.9. The van der Waals surface area contributed by atoms with Crippen LogP contribution >= 0.6 is 11.8 Å². The second-order valence-corrected chi connectivity index (χ2v) is 10.1. The van der Waals surface area contributed by atoms with Crippen LogP contribution in [0, 0.1) is 5.82 Å². The van der Waals surface area contributed by atoms with Gasteiger partial charge in [-0.1, -0.05) is 0 Å². The maximum absolute atomic E-state index is 13.6. The van der Waals surface area contributed by atoms with E-state index in [2.05, 4.69) is 10.0 Å². The fourth-order valence-electron chi connectivity index (χ4n) is 3.47. The minimum absolute atomic E-state index is 0.0297. The first kappa shape index (κ1) is 21.9. The van der Waals surface area contributed by atoms with Crippen molar-refractivity contribution >= 4 is 27.7 Å². The molecule has 0 bridgehead atoms. The molecular weight excluding hydrogens is 443 g/mol. The highest BCUT2D eigenvalue weighted by Gasteiger charge is 2.23. The van der Waals surface area contributed by atoms with Crippen molar-refractivity contribution in [3.8, 4) is 11.5 Å². The van der Waals surface area contributed by atoms with Crippen LogP contribution in [-0.4, -0.2) is 39.8 Å². The Bertz CT molecular complexity index is 1080. The van der Waals surface area contributed by atoms with Crippen LogP contribution in [0.15, 0.2) is 46.2 Å². The van der Waals surface area contributed by atoms with E-state index in [0.717, 1.165) is 22.6 Å². The van der Waals surface area contributed by atoms with Crippen LogP contribution in [0.5, 0.6) is 11.5 Å². The molecule has 0 fully saturated rings. The third-order valence-corrected chi connectivity index (χ3v) is 7.60. The molecule has 1 atom stereocenters. The summed E-state index contributed by atoms with van der Waals surface area (Å²) in [5.74, 6) is 1.08. The summed E-state index contributed by atoms with van der Waals surface area (Å²) >= 11 is 1.63. The number of amides is 1. The normalized spacial score (nSPS) is 18.0. The molecule has 2 N–H and O–H groups in total. The Hall–Kier alpha value is -2.30. The van der Waals surface area contributed by atoms with Crippen molar-refractivity contribution in [3.05, 3.63) is 47.8 Å². The Morgan fingerprint density at radius 3 is 2.77 bits per heavy atom. The van der Waals surface area contributed by atoms with Gasteiger partial charge in [0, 0.05) is 36.1 Å². The number of fused-ring (bicyclic) bond motifs is 2. The van der Waals surface area contributed by atoms with Crippen molar-refractivity contribution in [1.29, 1.82) is 0 Å². The van der Waals surface area contributed by atoms with Crippen LogP contribution in [0.2, 0.25) is 0 Å². The molecule has 0 radical (unpaired) electrons. The lowest BCUT2D eigenvalue weighted by Crippen LogP contribution is -2.34.